The Morgan fingerprint density at radius 1 is 1.00 bits per heavy atom. The van der Waals surface area contributed by atoms with Crippen LogP contribution in [0.1, 0.15) is 82.8 Å². The lowest BCUT2D eigenvalue weighted by atomic mass is 9.72. The van der Waals surface area contributed by atoms with Crippen LogP contribution in [0, 0.1) is 24.7 Å². The Bertz CT molecular complexity index is 395. The lowest BCUT2D eigenvalue weighted by Gasteiger charge is -2.33. The van der Waals surface area contributed by atoms with Crippen molar-refractivity contribution in [2.24, 2.45) is 17.8 Å². The molecule has 0 amide bonds. The second-order valence-corrected chi connectivity index (χ2v) is 7.62. The van der Waals surface area contributed by atoms with Crippen molar-refractivity contribution in [2.75, 3.05) is 0 Å². The third-order valence-electron chi connectivity index (χ3n) is 5.94. The van der Waals surface area contributed by atoms with Gasteiger partial charge in [0.2, 0.25) is 0 Å². The van der Waals surface area contributed by atoms with Gasteiger partial charge in [-0.05, 0) is 62.3 Å². The van der Waals surface area contributed by atoms with Crippen LogP contribution in [0.5, 0.6) is 0 Å². The third-order valence-corrected chi connectivity index (χ3v) is 5.94. The highest BCUT2D eigenvalue weighted by atomic mass is 14.3. The Balaban J connectivity index is 1.72. The molecule has 124 valence electrons. The molecule has 1 saturated carbocycles. The summed E-state index contributed by atoms with van der Waals surface area (Å²) >= 11 is 0. The van der Waals surface area contributed by atoms with Gasteiger partial charge in [0.25, 0.3) is 0 Å². The second kappa shape index (κ2) is 9.38. The lowest BCUT2D eigenvalue weighted by molar-refractivity contribution is 0.183. The molecule has 0 N–H and O–H groups in total. The van der Waals surface area contributed by atoms with Crippen molar-refractivity contribution in [3.8, 4) is 0 Å². The van der Waals surface area contributed by atoms with Gasteiger partial charge in [0.05, 0.1) is 0 Å². The van der Waals surface area contributed by atoms with Crippen LogP contribution in [-0.4, -0.2) is 0 Å². The Morgan fingerprint density at radius 2 is 1.68 bits per heavy atom. The Morgan fingerprint density at radius 3 is 2.27 bits per heavy atom. The summed E-state index contributed by atoms with van der Waals surface area (Å²) in [4.78, 5) is 0. The maximum atomic E-state index is 2.41. The first-order chi connectivity index (χ1) is 10.7. The number of hydrogen-bond donors (Lipinski definition) is 0. The maximum absolute atomic E-state index is 2.41. The number of aryl methyl sites for hydroxylation is 2. The van der Waals surface area contributed by atoms with Gasteiger partial charge in [0.15, 0.2) is 0 Å². The van der Waals surface area contributed by atoms with Crippen molar-refractivity contribution in [3.05, 3.63) is 35.4 Å². The fraction of sp³-hybridized carbons (Fsp3) is 0.727. The zero-order valence-corrected chi connectivity index (χ0v) is 15.1. The molecule has 1 fully saturated rings. The summed E-state index contributed by atoms with van der Waals surface area (Å²) in [5.74, 6) is 3.05. The number of rotatable bonds is 8. The van der Waals surface area contributed by atoms with Crippen LogP contribution in [-0.2, 0) is 6.42 Å². The van der Waals surface area contributed by atoms with Crippen molar-refractivity contribution < 1.29 is 0 Å². The summed E-state index contributed by atoms with van der Waals surface area (Å²) in [5.41, 5.74) is 2.89. The van der Waals surface area contributed by atoms with E-state index in [9.17, 15) is 0 Å². The first-order valence-electron chi connectivity index (χ1n) is 9.78. The molecule has 1 aliphatic rings. The van der Waals surface area contributed by atoms with E-state index in [4.69, 9.17) is 0 Å². The van der Waals surface area contributed by atoms with Crippen molar-refractivity contribution in [1.29, 1.82) is 0 Å². The normalized spacial score (nSPS) is 23.4. The van der Waals surface area contributed by atoms with E-state index >= 15 is 0 Å². The van der Waals surface area contributed by atoms with Gasteiger partial charge in [-0.2, -0.15) is 0 Å². The zero-order chi connectivity index (χ0) is 15.8. The van der Waals surface area contributed by atoms with E-state index in [0.29, 0.717) is 0 Å². The predicted octanol–water partition coefficient (Wildman–Crippen LogP) is 6.95. The molecule has 0 bridgehead atoms. The highest BCUT2D eigenvalue weighted by Gasteiger charge is 2.25. The maximum Gasteiger partial charge on any atom is -0.0279 e. The van der Waals surface area contributed by atoms with Crippen LogP contribution >= 0.6 is 0 Å². The average Bonchev–Trinajstić information content (AvgIpc) is 2.55. The van der Waals surface area contributed by atoms with Gasteiger partial charge in [-0.15, -0.1) is 0 Å². The molecule has 1 aromatic rings. The quantitative estimate of drug-likeness (QED) is 0.487. The molecule has 0 unspecified atom stereocenters. The SMILES string of the molecule is CCCC1CCC([C@@H](CC)CCCc2ccc(C)cc2)CC1. The topological polar surface area (TPSA) is 0 Å². The van der Waals surface area contributed by atoms with E-state index in [0.717, 1.165) is 17.8 Å². The van der Waals surface area contributed by atoms with Gasteiger partial charge in [0.1, 0.15) is 0 Å². The number of benzene rings is 1. The highest BCUT2D eigenvalue weighted by Crippen LogP contribution is 2.38. The summed E-state index contributed by atoms with van der Waals surface area (Å²) in [6.07, 6.45) is 14.3. The van der Waals surface area contributed by atoms with E-state index in [1.807, 2.05) is 0 Å². The molecular weight excluding hydrogens is 264 g/mol. The molecule has 0 aliphatic heterocycles. The second-order valence-electron chi connectivity index (χ2n) is 7.62. The van der Waals surface area contributed by atoms with E-state index < -0.39 is 0 Å². The molecule has 1 aliphatic carbocycles. The first-order valence-corrected chi connectivity index (χ1v) is 9.78. The minimum atomic E-state index is 0.980. The molecular formula is C22H36. The van der Waals surface area contributed by atoms with E-state index in [-0.39, 0.29) is 0 Å². The molecule has 0 saturated heterocycles. The smallest absolute Gasteiger partial charge is 0.0279 e. The van der Waals surface area contributed by atoms with Gasteiger partial charge in [-0.3, -0.25) is 0 Å². The first kappa shape index (κ1) is 17.6. The minimum absolute atomic E-state index is 0.980. The van der Waals surface area contributed by atoms with Crippen LogP contribution in [0.2, 0.25) is 0 Å². The molecule has 0 heterocycles. The molecule has 2 rings (SSSR count). The van der Waals surface area contributed by atoms with Gasteiger partial charge in [-0.1, -0.05) is 75.8 Å². The van der Waals surface area contributed by atoms with Crippen LogP contribution in [0.3, 0.4) is 0 Å². The Kier molecular flexibility index (Phi) is 7.49. The van der Waals surface area contributed by atoms with Crippen molar-refractivity contribution >= 4 is 0 Å². The third kappa shape index (κ3) is 5.45. The van der Waals surface area contributed by atoms with Crippen molar-refractivity contribution in [1.82, 2.24) is 0 Å². The average molecular weight is 301 g/mol. The Hall–Kier alpha value is -0.780. The van der Waals surface area contributed by atoms with Crippen LogP contribution in [0.15, 0.2) is 24.3 Å². The van der Waals surface area contributed by atoms with Crippen LogP contribution in [0.4, 0.5) is 0 Å². The summed E-state index contributed by atoms with van der Waals surface area (Å²) < 4.78 is 0. The summed E-state index contributed by atoms with van der Waals surface area (Å²) in [5, 5.41) is 0. The standard InChI is InChI=1S/C22H36/c1-4-7-19-14-16-22(17-15-19)21(5-2)9-6-8-20-12-10-18(3)11-13-20/h10-13,19,21-22H,4-9,14-17H2,1-3H3/t19?,21-,22?/m0/s1. The van der Waals surface area contributed by atoms with Crippen LogP contribution < -0.4 is 0 Å². The fourth-order valence-electron chi connectivity index (χ4n) is 4.45. The molecule has 22 heavy (non-hydrogen) atoms. The van der Waals surface area contributed by atoms with Gasteiger partial charge < -0.3 is 0 Å². The zero-order valence-electron chi connectivity index (χ0n) is 15.1. The molecule has 0 radical (unpaired) electrons. The molecule has 1 atom stereocenters. The Labute approximate surface area is 138 Å². The van der Waals surface area contributed by atoms with Gasteiger partial charge in [0, 0.05) is 0 Å². The largest absolute Gasteiger partial charge is 0.0654 e. The molecule has 1 aromatic carbocycles. The summed E-state index contributed by atoms with van der Waals surface area (Å²) in [6.45, 7) is 6.92. The fourth-order valence-corrected chi connectivity index (χ4v) is 4.45. The van der Waals surface area contributed by atoms with E-state index in [2.05, 4.69) is 45.0 Å². The van der Waals surface area contributed by atoms with Gasteiger partial charge in [-0.25, -0.2) is 0 Å². The van der Waals surface area contributed by atoms with Gasteiger partial charge >= 0.3 is 0 Å². The predicted molar refractivity (Wildman–Crippen MR) is 98.3 cm³/mol. The van der Waals surface area contributed by atoms with E-state index in [1.54, 1.807) is 0 Å². The number of hydrogen-bond acceptors (Lipinski definition) is 0. The van der Waals surface area contributed by atoms with E-state index in [1.165, 1.54) is 75.3 Å². The molecule has 0 nitrogen and oxygen atoms in total. The molecule has 0 aromatic heterocycles. The summed E-state index contributed by atoms with van der Waals surface area (Å²) in [7, 11) is 0. The summed E-state index contributed by atoms with van der Waals surface area (Å²) in [6, 6.07) is 9.13. The van der Waals surface area contributed by atoms with Crippen molar-refractivity contribution in [3.63, 3.8) is 0 Å². The monoisotopic (exact) mass is 300 g/mol. The minimum Gasteiger partial charge on any atom is -0.0654 e. The highest BCUT2D eigenvalue weighted by molar-refractivity contribution is 5.21. The van der Waals surface area contributed by atoms with Crippen LogP contribution in [0.25, 0.3) is 0 Å². The molecule has 0 spiro atoms. The lowest BCUT2D eigenvalue weighted by Crippen LogP contribution is -2.21. The van der Waals surface area contributed by atoms with Crippen molar-refractivity contribution in [2.45, 2.75) is 85.0 Å². The molecule has 0 heteroatoms.